The Morgan fingerprint density at radius 2 is 1.44 bits per heavy atom. The highest BCUT2D eigenvalue weighted by atomic mass is 14.9. The van der Waals surface area contributed by atoms with Gasteiger partial charge in [0.05, 0.1) is 6.04 Å². The van der Waals surface area contributed by atoms with E-state index in [0.717, 1.165) is 24.9 Å². The standard InChI is InChI=1S/C26H33N/c1-2-3-4-5-6-7-8-15-20-26(22-21-24-16-11-9-12-17-24)27-23-25-18-13-10-14-19-25/h2,9-14,16-19,26-27H,1,3-8,15,20,23H2. The van der Waals surface area contributed by atoms with E-state index < -0.39 is 0 Å². The SMILES string of the molecule is C=CCCCCCCCCC(C#Cc1ccccc1)NCc1ccccc1. The molecule has 0 saturated heterocycles. The first kappa shape index (κ1) is 21.0. The Hall–Kier alpha value is -2.30. The average Bonchev–Trinajstić information content (AvgIpc) is 2.73. The topological polar surface area (TPSA) is 12.0 Å². The lowest BCUT2D eigenvalue weighted by molar-refractivity contribution is 0.516. The van der Waals surface area contributed by atoms with Crippen LogP contribution in [0.25, 0.3) is 0 Å². The van der Waals surface area contributed by atoms with Crippen molar-refractivity contribution in [1.82, 2.24) is 5.32 Å². The minimum Gasteiger partial charge on any atom is -0.300 e. The van der Waals surface area contributed by atoms with Crippen LogP contribution >= 0.6 is 0 Å². The zero-order chi connectivity index (χ0) is 19.0. The first-order valence-electron chi connectivity index (χ1n) is 10.3. The summed E-state index contributed by atoms with van der Waals surface area (Å²) in [6.07, 6.45) is 12.1. The van der Waals surface area contributed by atoms with Gasteiger partial charge >= 0.3 is 0 Å². The van der Waals surface area contributed by atoms with Gasteiger partial charge in [-0.1, -0.05) is 98.6 Å². The van der Waals surface area contributed by atoms with E-state index in [1.807, 2.05) is 24.3 Å². The lowest BCUT2D eigenvalue weighted by atomic mass is 10.0. The molecule has 0 amide bonds. The molecule has 1 N–H and O–H groups in total. The number of benzene rings is 2. The second kappa shape index (κ2) is 13.8. The molecule has 1 heteroatoms. The van der Waals surface area contributed by atoms with Crippen LogP contribution in [-0.2, 0) is 6.54 Å². The summed E-state index contributed by atoms with van der Waals surface area (Å²) in [4.78, 5) is 0. The predicted octanol–water partition coefficient (Wildman–Crippen LogP) is 6.50. The quantitative estimate of drug-likeness (QED) is 0.259. The molecule has 0 aromatic heterocycles. The Morgan fingerprint density at radius 1 is 0.815 bits per heavy atom. The van der Waals surface area contributed by atoms with E-state index in [1.165, 1.54) is 44.1 Å². The molecule has 0 aliphatic carbocycles. The van der Waals surface area contributed by atoms with Gasteiger partial charge in [0.2, 0.25) is 0 Å². The maximum atomic E-state index is 3.79. The van der Waals surface area contributed by atoms with Gasteiger partial charge in [0.25, 0.3) is 0 Å². The molecule has 1 unspecified atom stereocenters. The lowest BCUT2D eigenvalue weighted by Gasteiger charge is -2.13. The van der Waals surface area contributed by atoms with Gasteiger partial charge in [0.1, 0.15) is 0 Å². The Morgan fingerprint density at radius 3 is 2.15 bits per heavy atom. The molecule has 2 aromatic carbocycles. The maximum absolute atomic E-state index is 3.79. The summed E-state index contributed by atoms with van der Waals surface area (Å²) in [5.41, 5.74) is 2.40. The zero-order valence-corrected chi connectivity index (χ0v) is 16.5. The number of unbranched alkanes of at least 4 members (excludes halogenated alkanes) is 6. The molecule has 0 bridgehead atoms. The lowest BCUT2D eigenvalue weighted by Crippen LogP contribution is -2.27. The Labute approximate surface area is 165 Å². The van der Waals surface area contributed by atoms with Gasteiger partial charge in [-0.15, -0.1) is 6.58 Å². The minimum absolute atomic E-state index is 0.242. The van der Waals surface area contributed by atoms with Crippen molar-refractivity contribution in [3.63, 3.8) is 0 Å². The van der Waals surface area contributed by atoms with Crippen LogP contribution in [0, 0.1) is 11.8 Å². The number of allylic oxidation sites excluding steroid dienone is 1. The van der Waals surface area contributed by atoms with E-state index in [-0.39, 0.29) is 6.04 Å². The summed E-state index contributed by atoms with van der Waals surface area (Å²) in [5.74, 6) is 6.79. The van der Waals surface area contributed by atoms with Crippen LogP contribution in [-0.4, -0.2) is 6.04 Å². The van der Waals surface area contributed by atoms with Gasteiger partial charge in [-0.2, -0.15) is 0 Å². The van der Waals surface area contributed by atoms with Crippen LogP contribution in [0.5, 0.6) is 0 Å². The molecule has 1 nitrogen and oxygen atoms in total. The molecule has 0 aliphatic heterocycles. The highest BCUT2D eigenvalue weighted by Gasteiger charge is 2.05. The van der Waals surface area contributed by atoms with Gasteiger partial charge in [-0.3, -0.25) is 5.32 Å². The smallest absolute Gasteiger partial charge is 0.0695 e. The van der Waals surface area contributed by atoms with Crippen LogP contribution < -0.4 is 5.32 Å². The van der Waals surface area contributed by atoms with Crippen molar-refractivity contribution < 1.29 is 0 Å². The van der Waals surface area contributed by atoms with E-state index in [0.29, 0.717) is 0 Å². The Bertz CT molecular complexity index is 678. The van der Waals surface area contributed by atoms with Crippen LogP contribution in [0.1, 0.15) is 62.5 Å². The fraction of sp³-hybridized carbons (Fsp3) is 0.385. The summed E-state index contributed by atoms with van der Waals surface area (Å²) in [6.45, 7) is 4.66. The van der Waals surface area contributed by atoms with Crippen LogP contribution in [0.3, 0.4) is 0 Å². The largest absolute Gasteiger partial charge is 0.300 e. The first-order chi connectivity index (χ1) is 13.4. The molecule has 0 fully saturated rings. The molecule has 0 radical (unpaired) electrons. The second-order valence-electron chi connectivity index (χ2n) is 7.04. The van der Waals surface area contributed by atoms with Gasteiger partial charge in [0.15, 0.2) is 0 Å². The third-order valence-corrected chi connectivity index (χ3v) is 4.71. The van der Waals surface area contributed by atoms with Crippen LogP contribution in [0.2, 0.25) is 0 Å². The maximum Gasteiger partial charge on any atom is 0.0695 e. The summed E-state index contributed by atoms with van der Waals surface area (Å²) in [5, 5.41) is 3.64. The monoisotopic (exact) mass is 359 g/mol. The number of nitrogens with one attached hydrogen (secondary N) is 1. The van der Waals surface area contributed by atoms with Crippen molar-refractivity contribution in [3.05, 3.63) is 84.4 Å². The zero-order valence-electron chi connectivity index (χ0n) is 16.5. The van der Waals surface area contributed by atoms with E-state index >= 15 is 0 Å². The van der Waals surface area contributed by atoms with Crippen molar-refractivity contribution >= 4 is 0 Å². The molecule has 0 spiro atoms. The summed E-state index contributed by atoms with van der Waals surface area (Å²) >= 11 is 0. The minimum atomic E-state index is 0.242. The van der Waals surface area contributed by atoms with Crippen LogP contribution in [0.15, 0.2) is 73.3 Å². The predicted molar refractivity (Wildman–Crippen MR) is 118 cm³/mol. The molecule has 2 aromatic rings. The summed E-state index contributed by atoms with van der Waals surface area (Å²) in [7, 11) is 0. The number of hydrogen-bond acceptors (Lipinski definition) is 1. The molecule has 27 heavy (non-hydrogen) atoms. The van der Waals surface area contributed by atoms with Crippen molar-refractivity contribution in [2.75, 3.05) is 0 Å². The van der Waals surface area contributed by atoms with E-state index in [9.17, 15) is 0 Å². The third-order valence-electron chi connectivity index (χ3n) is 4.71. The van der Waals surface area contributed by atoms with Crippen molar-refractivity contribution in [3.8, 4) is 11.8 Å². The van der Waals surface area contributed by atoms with Crippen LogP contribution in [0.4, 0.5) is 0 Å². The van der Waals surface area contributed by atoms with Gasteiger partial charge in [0, 0.05) is 12.1 Å². The van der Waals surface area contributed by atoms with Crippen molar-refractivity contribution in [1.29, 1.82) is 0 Å². The number of hydrogen-bond donors (Lipinski definition) is 1. The molecule has 1 atom stereocenters. The summed E-state index contributed by atoms with van der Waals surface area (Å²) in [6, 6.07) is 21.1. The average molecular weight is 360 g/mol. The highest BCUT2D eigenvalue weighted by molar-refractivity contribution is 5.34. The first-order valence-corrected chi connectivity index (χ1v) is 10.3. The fourth-order valence-corrected chi connectivity index (χ4v) is 3.10. The Kier molecular flexibility index (Phi) is 10.8. The van der Waals surface area contributed by atoms with E-state index in [1.54, 1.807) is 0 Å². The molecule has 0 saturated carbocycles. The van der Waals surface area contributed by atoms with E-state index in [4.69, 9.17) is 0 Å². The second-order valence-corrected chi connectivity index (χ2v) is 7.04. The van der Waals surface area contributed by atoms with Crippen molar-refractivity contribution in [2.45, 2.75) is 64.0 Å². The molecular formula is C26H33N. The Balaban J connectivity index is 1.78. The normalized spacial score (nSPS) is 11.4. The molecule has 2 rings (SSSR count). The number of rotatable bonds is 12. The molecule has 142 valence electrons. The molecular weight excluding hydrogens is 326 g/mol. The summed E-state index contributed by atoms with van der Waals surface area (Å²) < 4.78 is 0. The molecule has 0 aliphatic rings. The van der Waals surface area contributed by atoms with E-state index in [2.05, 4.69) is 66.2 Å². The van der Waals surface area contributed by atoms with Gasteiger partial charge in [-0.05, 0) is 37.0 Å². The van der Waals surface area contributed by atoms with Gasteiger partial charge in [-0.25, -0.2) is 0 Å². The fourth-order valence-electron chi connectivity index (χ4n) is 3.10. The van der Waals surface area contributed by atoms with Crippen molar-refractivity contribution in [2.24, 2.45) is 0 Å². The molecule has 0 heterocycles. The van der Waals surface area contributed by atoms with Gasteiger partial charge < -0.3 is 0 Å². The highest BCUT2D eigenvalue weighted by Crippen LogP contribution is 2.11. The third kappa shape index (κ3) is 9.83.